The number of carbonyl (C=O) groups is 3. The highest BCUT2D eigenvalue weighted by Crippen LogP contribution is 2.14. The molecule has 1 aromatic carbocycles. The number of rotatable bonds is 8. The maximum atomic E-state index is 12.4. The van der Waals surface area contributed by atoms with Gasteiger partial charge in [-0.2, -0.15) is 0 Å². The Bertz CT molecular complexity index is 644. The Morgan fingerprint density at radius 1 is 1.00 bits per heavy atom. The Balaban J connectivity index is 1.79. The van der Waals surface area contributed by atoms with Gasteiger partial charge in [-0.3, -0.25) is 19.3 Å². The van der Waals surface area contributed by atoms with Crippen molar-refractivity contribution in [3.8, 4) is 5.75 Å². The van der Waals surface area contributed by atoms with Crippen LogP contribution in [0.2, 0.25) is 0 Å². The molecule has 0 spiro atoms. The van der Waals surface area contributed by atoms with Gasteiger partial charge in [-0.25, -0.2) is 0 Å². The van der Waals surface area contributed by atoms with Crippen LogP contribution in [-0.4, -0.2) is 73.4 Å². The van der Waals surface area contributed by atoms with E-state index in [0.29, 0.717) is 44.0 Å². The molecular weight excluding hydrogens is 348 g/mol. The van der Waals surface area contributed by atoms with E-state index in [0.717, 1.165) is 13.0 Å². The van der Waals surface area contributed by atoms with E-state index in [1.165, 1.54) is 0 Å². The van der Waals surface area contributed by atoms with Crippen LogP contribution in [0.1, 0.15) is 37.0 Å². The molecule has 7 nitrogen and oxygen atoms in total. The Morgan fingerprint density at radius 3 is 2.41 bits per heavy atom. The number of esters is 1. The van der Waals surface area contributed by atoms with Gasteiger partial charge in [0.25, 0.3) is 5.91 Å². The molecular formula is C20H28N2O5. The molecule has 1 fully saturated rings. The number of carbonyl (C=O) groups excluding carboxylic acids is 3. The molecule has 1 aliphatic rings. The summed E-state index contributed by atoms with van der Waals surface area (Å²) >= 11 is 0. The normalized spacial score (nSPS) is 15.1. The average molecular weight is 376 g/mol. The molecule has 0 bridgehead atoms. The summed E-state index contributed by atoms with van der Waals surface area (Å²) in [6.45, 7) is 6.80. The van der Waals surface area contributed by atoms with Crippen molar-refractivity contribution in [2.45, 2.75) is 26.7 Å². The molecule has 2 rings (SSSR count). The fourth-order valence-corrected chi connectivity index (χ4v) is 2.95. The third-order valence-electron chi connectivity index (χ3n) is 4.46. The largest absolute Gasteiger partial charge is 0.484 e. The van der Waals surface area contributed by atoms with Gasteiger partial charge in [0.2, 0.25) is 0 Å². The molecule has 1 heterocycles. The zero-order valence-electron chi connectivity index (χ0n) is 16.1. The van der Waals surface area contributed by atoms with Gasteiger partial charge in [0, 0.05) is 38.2 Å². The lowest BCUT2D eigenvalue weighted by molar-refractivity contribution is -0.144. The Kier molecular flexibility index (Phi) is 8.26. The number of ketones is 1. The van der Waals surface area contributed by atoms with E-state index in [2.05, 4.69) is 0 Å². The van der Waals surface area contributed by atoms with Gasteiger partial charge in [0.05, 0.1) is 13.2 Å². The predicted molar refractivity (Wildman–Crippen MR) is 101 cm³/mol. The highest BCUT2D eigenvalue weighted by molar-refractivity contribution is 5.95. The number of Topliss-reactive ketones (excluding diaryl/α,β-unsaturated/α-hetero) is 1. The molecule has 0 aromatic heterocycles. The molecule has 0 saturated carbocycles. The number of amides is 1. The van der Waals surface area contributed by atoms with E-state index < -0.39 is 0 Å². The summed E-state index contributed by atoms with van der Waals surface area (Å²) in [6, 6.07) is 6.84. The maximum absolute atomic E-state index is 12.4. The molecule has 1 saturated heterocycles. The summed E-state index contributed by atoms with van der Waals surface area (Å²) in [4.78, 5) is 39.4. The van der Waals surface area contributed by atoms with Gasteiger partial charge in [-0.1, -0.05) is 6.92 Å². The van der Waals surface area contributed by atoms with Gasteiger partial charge < -0.3 is 14.4 Å². The molecule has 0 aliphatic carbocycles. The highest BCUT2D eigenvalue weighted by atomic mass is 16.5. The Morgan fingerprint density at radius 2 is 1.74 bits per heavy atom. The topological polar surface area (TPSA) is 76.2 Å². The lowest BCUT2D eigenvalue weighted by Crippen LogP contribution is -2.39. The van der Waals surface area contributed by atoms with Crippen LogP contribution >= 0.6 is 0 Å². The van der Waals surface area contributed by atoms with Crippen molar-refractivity contribution in [3.05, 3.63) is 29.8 Å². The maximum Gasteiger partial charge on any atom is 0.320 e. The fourth-order valence-electron chi connectivity index (χ4n) is 2.95. The minimum absolute atomic E-state index is 0.0427. The molecule has 1 amide bonds. The fraction of sp³-hybridized carbons (Fsp3) is 0.550. The van der Waals surface area contributed by atoms with Crippen LogP contribution in [0.4, 0.5) is 0 Å². The second-order valence-electron chi connectivity index (χ2n) is 6.41. The molecule has 1 aromatic rings. The number of ether oxygens (including phenoxy) is 2. The molecule has 27 heavy (non-hydrogen) atoms. The standard InChI is InChI=1S/C20H28N2O5/c1-3-18(23)16-6-8-17(9-7-16)27-15-19(24)22-11-5-10-21(12-13-22)14-20(25)26-4-2/h6-9H,3-5,10-15H2,1-2H3. The van der Waals surface area contributed by atoms with Gasteiger partial charge in [0.15, 0.2) is 12.4 Å². The van der Waals surface area contributed by atoms with Crippen LogP contribution < -0.4 is 4.74 Å². The van der Waals surface area contributed by atoms with E-state index in [9.17, 15) is 14.4 Å². The second kappa shape index (κ2) is 10.7. The summed E-state index contributed by atoms with van der Waals surface area (Å²) < 4.78 is 10.5. The third kappa shape index (κ3) is 6.67. The first-order chi connectivity index (χ1) is 13.0. The molecule has 0 N–H and O–H groups in total. The first-order valence-electron chi connectivity index (χ1n) is 9.45. The van der Waals surface area contributed by atoms with Crippen LogP contribution in [0.5, 0.6) is 5.75 Å². The lowest BCUT2D eigenvalue weighted by Gasteiger charge is -2.21. The van der Waals surface area contributed by atoms with Crippen LogP contribution in [-0.2, 0) is 14.3 Å². The van der Waals surface area contributed by atoms with Crippen LogP contribution in [0, 0.1) is 0 Å². The molecule has 148 valence electrons. The first-order valence-corrected chi connectivity index (χ1v) is 9.45. The zero-order chi connectivity index (χ0) is 19.6. The second-order valence-corrected chi connectivity index (χ2v) is 6.41. The number of hydrogen-bond acceptors (Lipinski definition) is 6. The number of benzene rings is 1. The Hall–Kier alpha value is -2.41. The van der Waals surface area contributed by atoms with Gasteiger partial charge >= 0.3 is 5.97 Å². The molecule has 0 atom stereocenters. The first kappa shape index (κ1) is 20.9. The minimum atomic E-state index is -0.231. The average Bonchev–Trinajstić information content (AvgIpc) is 2.91. The van der Waals surface area contributed by atoms with E-state index in [4.69, 9.17) is 9.47 Å². The SMILES string of the molecule is CCOC(=O)CN1CCCN(C(=O)COc2ccc(C(=O)CC)cc2)CC1. The van der Waals surface area contributed by atoms with Gasteiger partial charge in [-0.05, 0) is 37.6 Å². The minimum Gasteiger partial charge on any atom is -0.484 e. The summed E-state index contributed by atoms with van der Waals surface area (Å²) in [7, 11) is 0. The van der Waals surface area contributed by atoms with Crippen molar-refractivity contribution >= 4 is 17.7 Å². The molecule has 1 aliphatic heterocycles. The number of hydrogen-bond donors (Lipinski definition) is 0. The quantitative estimate of drug-likeness (QED) is 0.508. The van der Waals surface area contributed by atoms with Crippen LogP contribution in [0.3, 0.4) is 0 Å². The van der Waals surface area contributed by atoms with E-state index in [1.54, 1.807) is 36.1 Å². The van der Waals surface area contributed by atoms with E-state index in [1.807, 2.05) is 11.8 Å². The monoisotopic (exact) mass is 376 g/mol. The van der Waals surface area contributed by atoms with Crippen molar-refractivity contribution < 1.29 is 23.9 Å². The van der Waals surface area contributed by atoms with Crippen molar-refractivity contribution in [1.29, 1.82) is 0 Å². The number of nitrogens with zero attached hydrogens (tertiary/aromatic N) is 2. The van der Waals surface area contributed by atoms with Crippen molar-refractivity contribution in [1.82, 2.24) is 9.80 Å². The molecule has 0 unspecified atom stereocenters. The summed E-state index contributed by atoms with van der Waals surface area (Å²) in [5.41, 5.74) is 0.644. The zero-order valence-corrected chi connectivity index (χ0v) is 16.1. The van der Waals surface area contributed by atoms with Crippen molar-refractivity contribution in [2.75, 3.05) is 45.9 Å². The third-order valence-corrected chi connectivity index (χ3v) is 4.46. The highest BCUT2D eigenvalue weighted by Gasteiger charge is 2.21. The molecule has 0 radical (unpaired) electrons. The van der Waals surface area contributed by atoms with Crippen LogP contribution in [0.25, 0.3) is 0 Å². The van der Waals surface area contributed by atoms with Crippen LogP contribution in [0.15, 0.2) is 24.3 Å². The Labute approximate surface area is 160 Å². The van der Waals surface area contributed by atoms with Crippen molar-refractivity contribution in [3.63, 3.8) is 0 Å². The summed E-state index contributed by atoms with van der Waals surface area (Å²) in [5, 5.41) is 0. The lowest BCUT2D eigenvalue weighted by atomic mass is 10.1. The smallest absolute Gasteiger partial charge is 0.320 e. The van der Waals surface area contributed by atoms with Crippen molar-refractivity contribution in [2.24, 2.45) is 0 Å². The summed E-state index contributed by atoms with van der Waals surface area (Å²) in [6.07, 6.45) is 1.26. The predicted octanol–water partition coefficient (Wildman–Crippen LogP) is 1.76. The van der Waals surface area contributed by atoms with E-state index in [-0.39, 0.29) is 30.8 Å². The summed E-state index contributed by atoms with van der Waals surface area (Å²) in [5.74, 6) is 0.330. The van der Waals surface area contributed by atoms with Gasteiger partial charge in [-0.15, -0.1) is 0 Å². The van der Waals surface area contributed by atoms with Gasteiger partial charge in [0.1, 0.15) is 5.75 Å². The van der Waals surface area contributed by atoms with E-state index >= 15 is 0 Å². The molecule has 7 heteroatoms.